The fourth-order valence-electron chi connectivity index (χ4n) is 3.45. The Kier molecular flexibility index (Phi) is 7.74. The second-order valence-electron chi connectivity index (χ2n) is 6.96. The molecule has 0 saturated carbocycles. The molecule has 3 rings (SSSR count). The van der Waals surface area contributed by atoms with Gasteiger partial charge in [0.25, 0.3) is 0 Å². The topological polar surface area (TPSA) is 27.7 Å². The van der Waals surface area contributed by atoms with Crippen LogP contribution in [0.3, 0.4) is 0 Å². The van der Waals surface area contributed by atoms with Crippen molar-refractivity contribution in [2.24, 2.45) is 5.92 Å². The number of para-hydroxylation sites is 1. The van der Waals surface area contributed by atoms with E-state index in [4.69, 9.17) is 28.6 Å². The molecule has 1 unspecified atom stereocenters. The van der Waals surface area contributed by atoms with E-state index >= 15 is 0 Å². The molecule has 4 nitrogen and oxygen atoms in total. The summed E-state index contributed by atoms with van der Waals surface area (Å²) in [6, 6.07) is 7.76. The minimum Gasteiger partial charge on any atom is -0.379 e. The van der Waals surface area contributed by atoms with Crippen LogP contribution in [-0.4, -0.2) is 60.8 Å². The smallest absolute Gasteiger partial charge is 0.173 e. The molecular weight excluding hydrogens is 366 g/mol. The molecule has 2 aliphatic rings. The summed E-state index contributed by atoms with van der Waals surface area (Å²) < 4.78 is 5.45. The van der Waals surface area contributed by atoms with Gasteiger partial charge in [-0.15, -0.1) is 0 Å². The molecule has 1 heterocycles. The molecule has 1 atom stereocenters. The maximum absolute atomic E-state index is 6.29. The van der Waals surface area contributed by atoms with Gasteiger partial charge in [0.1, 0.15) is 0 Å². The third-order valence-corrected chi connectivity index (χ3v) is 5.74. The monoisotopic (exact) mass is 393 g/mol. The molecule has 26 heavy (non-hydrogen) atoms. The highest BCUT2D eigenvalue weighted by Crippen LogP contribution is 2.23. The van der Waals surface area contributed by atoms with Crippen molar-refractivity contribution in [1.29, 1.82) is 0 Å². The average Bonchev–Trinajstić information content (AvgIpc) is 2.68. The summed E-state index contributed by atoms with van der Waals surface area (Å²) in [7, 11) is 0. The number of hydrogen-bond donors (Lipinski definition) is 1. The first-order chi connectivity index (χ1) is 12.7. The molecular formula is C20H28ClN3OS. The van der Waals surface area contributed by atoms with E-state index in [0.717, 1.165) is 63.2 Å². The van der Waals surface area contributed by atoms with Crippen molar-refractivity contribution in [2.75, 3.05) is 51.3 Å². The van der Waals surface area contributed by atoms with Crippen LogP contribution >= 0.6 is 23.8 Å². The SMILES string of the molecule is S=C(Nc1ccccc1Cl)N(CCN1CCOCC1)CC1CC=CCC1. The Morgan fingerprint density at radius 1 is 1.27 bits per heavy atom. The first-order valence-electron chi connectivity index (χ1n) is 9.48. The summed E-state index contributed by atoms with van der Waals surface area (Å²) in [5, 5.41) is 4.81. The van der Waals surface area contributed by atoms with E-state index in [1.807, 2.05) is 24.3 Å². The highest BCUT2D eigenvalue weighted by atomic mass is 35.5. The van der Waals surface area contributed by atoms with Crippen LogP contribution in [0, 0.1) is 5.92 Å². The summed E-state index contributed by atoms with van der Waals surface area (Å²) >= 11 is 12.0. The highest BCUT2D eigenvalue weighted by Gasteiger charge is 2.19. The molecule has 1 aromatic carbocycles. The Balaban J connectivity index is 1.61. The molecule has 0 aromatic heterocycles. The van der Waals surface area contributed by atoms with Crippen molar-refractivity contribution in [2.45, 2.75) is 19.3 Å². The number of ether oxygens (including phenoxy) is 1. The van der Waals surface area contributed by atoms with E-state index in [-0.39, 0.29) is 0 Å². The Hall–Kier alpha value is -1.14. The summed E-state index contributed by atoms with van der Waals surface area (Å²) in [5.41, 5.74) is 0.874. The number of morpholine rings is 1. The van der Waals surface area contributed by atoms with Crippen LogP contribution in [0.5, 0.6) is 0 Å². The number of nitrogens with zero attached hydrogens (tertiary/aromatic N) is 2. The lowest BCUT2D eigenvalue weighted by Gasteiger charge is -2.34. The molecule has 1 saturated heterocycles. The van der Waals surface area contributed by atoms with Gasteiger partial charge < -0.3 is 15.0 Å². The fraction of sp³-hybridized carbons (Fsp3) is 0.550. The molecule has 1 aromatic rings. The van der Waals surface area contributed by atoms with Crippen molar-refractivity contribution in [3.63, 3.8) is 0 Å². The number of hydrogen-bond acceptors (Lipinski definition) is 3. The zero-order valence-electron chi connectivity index (χ0n) is 15.2. The first kappa shape index (κ1) is 19.6. The van der Waals surface area contributed by atoms with Crippen LogP contribution in [0.15, 0.2) is 36.4 Å². The Labute approximate surface area is 167 Å². The Morgan fingerprint density at radius 2 is 2.08 bits per heavy atom. The van der Waals surface area contributed by atoms with Crippen molar-refractivity contribution < 1.29 is 4.74 Å². The van der Waals surface area contributed by atoms with Crippen molar-refractivity contribution >= 4 is 34.6 Å². The molecule has 0 bridgehead atoms. The van der Waals surface area contributed by atoms with Gasteiger partial charge in [0.05, 0.1) is 23.9 Å². The lowest BCUT2D eigenvalue weighted by molar-refractivity contribution is 0.0356. The molecule has 0 radical (unpaired) electrons. The maximum Gasteiger partial charge on any atom is 0.173 e. The minimum atomic E-state index is 0.663. The number of benzene rings is 1. The molecule has 1 aliphatic heterocycles. The highest BCUT2D eigenvalue weighted by molar-refractivity contribution is 7.80. The van der Waals surface area contributed by atoms with E-state index in [1.165, 1.54) is 12.8 Å². The molecule has 0 amide bonds. The maximum atomic E-state index is 6.29. The standard InChI is InChI=1S/C20H28ClN3OS/c21-18-8-4-5-9-19(18)22-20(26)24(16-17-6-2-1-3-7-17)11-10-23-12-14-25-15-13-23/h1-2,4-5,8-9,17H,3,6-7,10-16H2,(H,22,26). The van der Waals surface area contributed by atoms with Crippen LogP contribution in [0.2, 0.25) is 5.02 Å². The van der Waals surface area contributed by atoms with Gasteiger partial charge in [0.2, 0.25) is 0 Å². The van der Waals surface area contributed by atoms with Gasteiger partial charge in [0, 0.05) is 32.7 Å². The molecule has 142 valence electrons. The lowest BCUT2D eigenvalue weighted by Crippen LogP contribution is -2.45. The first-order valence-corrected chi connectivity index (χ1v) is 10.3. The number of anilines is 1. The predicted octanol–water partition coefficient (Wildman–Crippen LogP) is 4.03. The molecule has 1 aliphatic carbocycles. The van der Waals surface area contributed by atoms with Crippen LogP contribution < -0.4 is 5.32 Å². The molecule has 0 spiro atoms. The van der Waals surface area contributed by atoms with E-state index < -0.39 is 0 Å². The Bertz CT molecular complexity index is 619. The molecule has 6 heteroatoms. The summed E-state index contributed by atoms with van der Waals surface area (Å²) in [5.74, 6) is 0.663. The van der Waals surface area contributed by atoms with E-state index in [1.54, 1.807) is 0 Å². The minimum absolute atomic E-state index is 0.663. The lowest BCUT2D eigenvalue weighted by atomic mass is 9.94. The predicted molar refractivity (Wildman–Crippen MR) is 113 cm³/mol. The number of allylic oxidation sites excluding steroid dienone is 2. The van der Waals surface area contributed by atoms with E-state index in [9.17, 15) is 0 Å². The van der Waals surface area contributed by atoms with E-state index in [2.05, 4.69) is 27.3 Å². The van der Waals surface area contributed by atoms with Crippen LogP contribution in [0.1, 0.15) is 19.3 Å². The molecule has 1 fully saturated rings. The zero-order valence-corrected chi connectivity index (χ0v) is 16.8. The Morgan fingerprint density at radius 3 is 2.81 bits per heavy atom. The number of rotatable bonds is 6. The third-order valence-electron chi connectivity index (χ3n) is 5.05. The summed E-state index contributed by atoms with van der Waals surface area (Å²) in [6.07, 6.45) is 8.14. The van der Waals surface area contributed by atoms with Gasteiger partial charge in [-0.2, -0.15) is 0 Å². The second-order valence-corrected chi connectivity index (χ2v) is 7.75. The van der Waals surface area contributed by atoms with Gasteiger partial charge in [-0.25, -0.2) is 0 Å². The summed E-state index contributed by atoms with van der Waals surface area (Å²) in [4.78, 5) is 4.77. The zero-order chi connectivity index (χ0) is 18.2. The number of halogens is 1. The fourth-order valence-corrected chi connectivity index (χ4v) is 3.91. The van der Waals surface area contributed by atoms with Gasteiger partial charge in [0.15, 0.2) is 5.11 Å². The molecule has 1 N–H and O–H groups in total. The van der Waals surface area contributed by atoms with Crippen LogP contribution in [-0.2, 0) is 4.74 Å². The van der Waals surface area contributed by atoms with Crippen LogP contribution in [0.4, 0.5) is 5.69 Å². The average molecular weight is 394 g/mol. The second kappa shape index (κ2) is 10.3. The number of thiocarbonyl (C=S) groups is 1. The van der Waals surface area contributed by atoms with E-state index in [0.29, 0.717) is 10.9 Å². The summed E-state index contributed by atoms with van der Waals surface area (Å²) in [6.45, 7) is 6.60. The van der Waals surface area contributed by atoms with Crippen LogP contribution in [0.25, 0.3) is 0 Å². The largest absolute Gasteiger partial charge is 0.379 e. The number of nitrogens with one attached hydrogen (secondary N) is 1. The van der Waals surface area contributed by atoms with Gasteiger partial charge in [-0.3, -0.25) is 4.90 Å². The normalized spacial score (nSPS) is 20.7. The van der Waals surface area contributed by atoms with Crippen molar-refractivity contribution in [3.8, 4) is 0 Å². The third kappa shape index (κ3) is 5.95. The van der Waals surface area contributed by atoms with Crippen molar-refractivity contribution in [3.05, 3.63) is 41.4 Å². The quantitative estimate of drug-likeness (QED) is 0.582. The van der Waals surface area contributed by atoms with Crippen molar-refractivity contribution in [1.82, 2.24) is 9.80 Å². The van der Waals surface area contributed by atoms with Gasteiger partial charge >= 0.3 is 0 Å². The van der Waals surface area contributed by atoms with Gasteiger partial charge in [-0.1, -0.05) is 35.9 Å². The van der Waals surface area contributed by atoms with Gasteiger partial charge in [-0.05, 0) is 49.5 Å².